The van der Waals surface area contributed by atoms with E-state index in [1.54, 1.807) is 6.21 Å². The van der Waals surface area contributed by atoms with Crippen LogP contribution in [0.2, 0.25) is 0 Å². The normalized spacial score (nSPS) is 14.4. The van der Waals surface area contributed by atoms with E-state index in [4.69, 9.17) is 9.47 Å². The molecule has 0 amide bonds. The molecule has 9 heteroatoms. The van der Waals surface area contributed by atoms with Crippen molar-refractivity contribution in [1.82, 2.24) is 20.3 Å². The van der Waals surface area contributed by atoms with Crippen molar-refractivity contribution in [3.63, 3.8) is 0 Å². The lowest BCUT2D eigenvalue weighted by atomic mass is 10.1. The molecule has 0 bridgehead atoms. The quantitative estimate of drug-likeness (QED) is 0.332. The molecule has 0 aliphatic carbocycles. The van der Waals surface area contributed by atoms with E-state index in [0.717, 1.165) is 24.2 Å². The Balaban J connectivity index is 1.50. The molecule has 156 valence electrons. The third kappa shape index (κ3) is 5.19. The Morgan fingerprint density at radius 1 is 1.10 bits per heavy atom. The molecule has 0 spiro atoms. The van der Waals surface area contributed by atoms with Crippen LogP contribution in [0.25, 0.3) is 10.8 Å². The topological polar surface area (TPSA) is 96.8 Å². The van der Waals surface area contributed by atoms with E-state index in [1.807, 2.05) is 31.3 Å². The smallest absolute Gasteiger partial charge is 0.321 e. The van der Waals surface area contributed by atoms with Crippen molar-refractivity contribution in [3.8, 4) is 6.01 Å². The molecule has 4 rings (SSSR count). The second kappa shape index (κ2) is 9.95. The molecule has 0 saturated carbocycles. The van der Waals surface area contributed by atoms with Gasteiger partial charge in [-0.2, -0.15) is 20.1 Å². The molecule has 0 atom stereocenters. The summed E-state index contributed by atoms with van der Waals surface area (Å²) in [5.41, 5.74) is 3.93. The number of ether oxygens (including phenoxy) is 2. The van der Waals surface area contributed by atoms with Gasteiger partial charge in [0.2, 0.25) is 5.95 Å². The molecule has 0 radical (unpaired) electrons. The number of rotatable bonds is 8. The van der Waals surface area contributed by atoms with Gasteiger partial charge < -0.3 is 19.7 Å². The molecule has 30 heavy (non-hydrogen) atoms. The minimum Gasteiger partial charge on any atom is -0.462 e. The maximum atomic E-state index is 5.67. The van der Waals surface area contributed by atoms with E-state index in [-0.39, 0.29) is 6.01 Å². The zero-order valence-electron chi connectivity index (χ0n) is 16.9. The van der Waals surface area contributed by atoms with Gasteiger partial charge in [-0.25, -0.2) is 0 Å². The summed E-state index contributed by atoms with van der Waals surface area (Å²) in [6.45, 7) is 3.92. The molecule has 1 saturated heterocycles. The molecule has 2 N–H and O–H groups in total. The maximum Gasteiger partial charge on any atom is 0.321 e. The van der Waals surface area contributed by atoms with Crippen LogP contribution in [0.5, 0.6) is 6.01 Å². The van der Waals surface area contributed by atoms with Crippen molar-refractivity contribution in [2.45, 2.75) is 0 Å². The van der Waals surface area contributed by atoms with Crippen molar-refractivity contribution in [2.24, 2.45) is 5.10 Å². The minimum atomic E-state index is 0.286. The predicted molar refractivity (Wildman–Crippen MR) is 117 cm³/mol. The summed E-state index contributed by atoms with van der Waals surface area (Å²) in [5, 5.41) is 9.67. The van der Waals surface area contributed by atoms with Crippen LogP contribution in [0.15, 0.2) is 47.6 Å². The van der Waals surface area contributed by atoms with E-state index in [9.17, 15) is 0 Å². The van der Waals surface area contributed by atoms with Crippen molar-refractivity contribution < 1.29 is 9.47 Å². The van der Waals surface area contributed by atoms with E-state index in [2.05, 4.69) is 53.9 Å². The van der Waals surface area contributed by atoms with Crippen LogP contribution in [-0.4, -0.2) is 67.7 Å². The van der Waals surface area contributed by atoms with E-state index in [0.29, 0.717) is 38.1 Å². The lowest BCUT2D eigenvalue weighted by Crippen LogP contribution is -2.37. The van der Waals surface area contributed by atoms with Gasteiger partial charge in [0.25, 0.3) is 0 Å². The molecule has 2 aromatic carbocycles. The first-order valence-electron chi connectivity index (χ1n) is 9.96. The van der Waals surface area contributed by atoms with Crippen molar-refractivity contribution in [2.75, 3.05) is 56.8 Å². The molecule has 1 aliphatic rings. The first-order valence-corrected chi connectivity index (χ1v) is 9.96. The third-order valence-electron chi connectivity index (χ3n) is 4.62. The number of morpholine rings is 1. The van der Waals surface area contributed by atoms with E-state index < -0.39 is 0 Å². The van der Waals surface area contributed by atoms with Gasteiger partial charge in [0, 0.05) is 19.6 Å². The Kier molecular flexibility index (Phi) is 6.63. The number of hydrazone groups is 1. The zero-order valence-corrected chi connectivity index (χ0v) is 16.9. The summed E-state index contributed by atoms with van der Waals surface area (Å²) < 4.78 is 11.1. The Bertz CT molecular complexity index is 1010. The third-order valence-corrected chi connectivity index (χ3v) is 4.62. The summed E-state index contributed by atoms with van der Waals surface area (Å²) in [6.07, 6.45) is 1.58. The summed E-state index contributed by atoms with van der Waals surface area (Å²) in [6, 6.07) is 14.6. The maximum absolute atomic E-state index is 5.67. The van der Waals surface area contributed by atoms with E-state index >= 15 is 0 Å². The fourth-order valence-corrected chi connectivity index (χ4v) is 3.06. The molecular formula is C21H25N7O2. The monoisotopic (exact) mass is 407 g/mol. The van der Waals surface area contributed by atoms with Crippen LogP contribution < -0.4 is 20.4 Å². The highest BCUT2D eigenvalue weighted by Gasteiger charge is 2.16. The van der Waals surface area contributed by atoms with Crippen LogP contribution in [0.4, 0.5) is 11.6 Å². The molecule has 0 unspecified atom stereocenters. The Labute approximate surface area is 175 Å². The second-order valence-electron chi connectivity index (χ2n) is 6.76. The standard InChI is InChI=1S/C21H25N7O2/c1-22-8-11-30-21-25-19(24-20(26-21)28-9-12-29-13-10-28)15-23-27-18-7-6-16-4-2-3-5-17(16)14-18/h2-7,14-15,22,27H,8-13H2,1H3/b23-15+. The Morgan fingerprint density at radius 2 is 1.93 bits per heavy atom. The summed E-state index contributed by atoms with van der Waals surface area (Å²) in [5.74, 6) is 0.999. The van der Waals surface area contributed by atoms with Gasteiger partial charge in [0.05, 0.1) is 25.1 Å². The first-order chi connectivity index (χ1) is 14.8. The summed E-state index contributed by atoms with van der Waals surface area (Å²) in [4.78, 5) is 15.4. The van der Waals surface area contributed by atoms with Crippen LogP contribution in [0, 0.1) is 0 Å². The van der Waals surface area contributed by atoms with Crippen LogP contribution in [-0.2, 0) is 4.74 Å². The van der Waals surface area contributed by atoms with Crippen LogP contribution >= 0.6 is 0 Å². The minimum absolute atomic E-state index is 0.286. The molecule has 3 aromatic rings. The highest BCUT2D eigenvalue weighted by atomic mass is 16.5. The molecule has 1 aliphatic heterocycles. The number of hydrogen-bond donors (Lipinski definition) is 2. The Morgan fingerprint density at radius 3 is 2.77 bits per heavy atom. The number of aromatic nitrogens is 3. The second-order valence-corrected chi connectivity index (χ2v) is 6.76. The molecule has 2 heterocycles. The van der Waals surface area contributed by atoms with Gasteiger partial charge in [-0.1, -0.05) is 30.3 Å². The molecule has 1 fully saturated rings. The number of nitrogens with one attached hydrogen (secondary N) is 2. The van der Waals surface area contributed by atoms with Gasteiger partial charge in [0.15, 0.2) is 5.82 Å². The zero-order chi connectivity index (χ0) is 20.6. The average molecular weight is 407 g/mol. The number of benzene rings is 2. The fourth-order valence-electron chi connectivity index (χ4n) is 3.06. The molecular weight excluding hydrogens is 382 g/mol. The van der Waals surface area contributed by atoms with Crippen LogP contribution in [0.1, 0.15) is 5.82 Å². The average Bonchev–Trinajstić information content (AvgIpc) is 2.80. The van der Waals surface area contributed by atoms with Crippen molar-refractivity contribution >= 4 is 28.6 Å². The number of anilines is 2. The SMILES string of the molecule is CNCCOc1nc(/C=N/Nc2ccc3ccccc3c2)nc(N2CCOCC2)n1. The van der Waals surface area contributed by atoms with Gasteiger partial charge in [-0.15, -0.1) is 0 Å². The van der Waals surface area contributed by atoms with Crippen molar-refractivity contribution in [3.05, 3.63) is 48.3 Å². The van der Waals surface area contributed by atoms with Crippen molar-refractivity contribution in [1.29, 1.82) is 0 Å². The summed E-state index contributed by atoms with van der Waals surface area (Å²) in [7, 11) is 1.87. The number of fused-ring (bicyclic) bond motifs is 1. The molecule has 1 aromatic heterocycles. The number of likely N-dealkylation sites (N-methyl/N-ethyl adjacent to an activating group) is 1. The fraction of sp³-hybridized carbons (Fsp3) is 0.333. The highest BCUT2D eigenvalue weighted by Crippen LogP contribution is 2.19. The number of hydrogen-bond acceptors (Lipinski definition) is 9. The van der Waals surface area contributed by atoms with E-state index in [1.165, 1.54) is 5.39 Å². The first kappa shape index (κ1) is 20.0. The summed E-state index contributed by atoms with van der Waals surface area (Å²) >= 11 is 0. The lowest BCUT2D eigenvalue weighted by Gasteiger charge is -2.26. The number of nitrogens with zero attached hydrogens (tertiary/aromatic N) is 5. The van der Waals surface area contributed by atoms with Gasteiger partial charge >= 0.3 is 6.01 Å². The highest BCUT2D eigenvalue weighted by molar-refractivity contribution is 5.86. The van der Waals surface area contributed by atoms with Gasteiger partial charge in [0.1, 0.15) is 6.61 Å². The lowest BCUT2D eigenvalue weighted by molar-refractivity contribution is 0.122. The van der Waals surface area contributed by atoms with Crippen LogP contribution in [0.3, 0.4) is 0 Å². The Hall–Kier alpha value is -3.30. The van der Waals surface area contributed by atoms with Gasteiger partial charge in [-0.3, -0.25) is 5.43 Å². The van der Waals surface area contributed by atoms with Gasteiger partial charge in [-0.05, 0) is 30.0 Å². The largest absolute Gasteiger partial charge is 0.462 e. The molecule has 9 nitrogen and oxygen atoms in total. The predicted octanol–water partition coefficient (Wildman–Crippen LogP) is 1.91.